The van der Waals surface area contributed by atoms with Crippen LogP contribution in [-0.2, 0) is 0 Å². The molecule has 1 rings (SSSR count). The fourth-order valence-electron chi connectivity index (χ4n) is 0.893. The Morgan fingerprint density at radius 1 is 1.50 bits per heavy atom. The first-order chi connectivity index (χ1) is 5.74. The molecule has 1 nitrogen and oxygen atoms in total. The van der Waals surface area contributed by atoms with Gasteiger partial charge >= 0.3 is 0 Å². The van der Waals surface area contributed by atoms with Crippen molar-refractivity contribution in [1.29, 1.82) is 0 Å². The molecule has 0 spiro atoms. The molecule has 1 aromatic rings. The lowest BCUT2D eigenvalue weighted by Gasteiger charge is -2.05. The quantitative estimate of drug-likeness (QED) is 0.841. The van der Waals surface area contributed by atoms with Crippen LogP contribution in [0.25, 0.3) is 0 Å². The molecule has 12 heavy (non-hydrogen) atoms. The Morgan fingerprint density at radius 2 is 2.25 bits per heavy atom. The molecule has 0 unspecified atom stereocenters. The molecule has 0 aliphatic rings. The van der Waals surface area contributed by atoms with E-state index in [0.717, 1.165) is 17.4 Å². The van der Waals surface area contributed by atoms with Gasteiger partial charge in [-0.1, -0.05) is 22.9 Å². The third-order valence-electron chi connectivity index (χ3n) is 1.49. The summed E-state index contributed by atoms with van der Waals surface area (Å²) in [5, 5.41) is 3.00. The van der Waals surface area contributed by atoms with Crippen LogP contribution in [0.3, 0.4) is 0 Å². The molecule has 0 aliphatic heterocycles. The van der Waals surface area contributed by atoms with Crippen molar-refractivity contribution in [3.05, 3.63) is 28.5 Å². The van der Waals surface area contributed by atoms with Gasteiger partial charge in [0.25, 0.3) is 0 Å². The van der Waals surface area contributed by atoms with Crippen LogP contribution < -0.4 is 5.32 Å². The van der Waals surface area contributed by atoms with Gasteiger partial charge < -0.3 is 5.32 Å². The molecule has 0 aliphatic carbocycles. The van der Waals surface area contributed by atoms with E-state index in [0.29, 0.717) is 5.69 Å². The second kappa shape index (κ2) is 4.45. The van der Waals surface area contributed by atoms with Crippen LogP contribution in [0.15, 0.2) is 22.7 Å². The smallest absolute Gasteiger partial charge is 0.146 e. The van der Waals surface area contributed by atoms with Crippen LogP contribution in [-0.4, -0.2) is 6.54 Å². The van der Waals surface area contributed by atoms with E-state index in [4.69, 9.17) is 0 Å². The highest BCUT2D eigenvalue weighted by Crippen LogP contribution is 2.19. The second-order valence-corrected chi connectivity index (χ2v) is 3.47. The van der Waals surface area contributed by atoms with Gasteiger partial charge in [0.2, 0.25) is 0 Å². The first kappa shape index (κ1) is 9.52. The predicted molar refractivity (Wildman–Crippen MR) is 52.9 cm³/mol. The van der Waals surface area contributed by atoms with E-state index < -0.39 is 0 Å². The Balaban J connectivity index is 2.75. The number of hydrogen-bond donors (Lipinski definition) is 1. The molecule has 1 N–H and O–H groups in total. The highest BCUT2D eigenvalue weighted by molar-refractivity contribution is 9.10. The largest absolute Gasteiger partial charge is 0.383 e. The van der Waals surface area contributed by atoms with Crippen molar-refractivity contribution >= 4 is 21.6 Å². The van der Waals surface area contributed by atoms with Crippen LogP contribution in [0.4, 0.5) is 10.1 Å². The van der Waals surface area contributed by atoms with Crippen molar-refractivity contribution in [3.63, 3.8) is 0 Å². The van der Waals surface area contributed by atoms with Crippen molar-refractivity contribution in [3.8, 4) is 0 Å². The molecule has 0 radical (unpaired) electrons. The van der Waals surface area contributed by atoms with Crippen LogP contribution in [0, 0.1) is 5.82 Å². The molecule has 66 valence electrons. The number of hydrogen-bond acceptors (Lipinski definition) is 1. The Morgan fingerprint density at radius 3 is 2.92 bits per heavy atom. The molecule has 0 heterocycles. The maximum Gasteiger partial charge on any atom is 0.146 e. The standard InChI is InChI=1S/C9H11BrFN/c1-2-5-12-9-6-7(10)3-4-8(9)11/h3-4,6,12H,2,5H2,1H3. The van der Waals surface area contributed by atoms with Gasteiger partial charge in [-0.3, -0.25) is 0 Å². The van der Waals surface area contributed by atoms with E-state index in [2.05, 4.69) is 21.2 Å². The highest BCUT2D eigenvalue weighted by atomic mass is 79.9. The van der Waals surface area contributed by atoms with Gasteiger partial charge in [0.1, 0.15) is 5.82 Å². The van der Waals surface area contributed by atoms with Gasteiger partial charge in [-0.25, -0.2) is 4.39 Å². The lowest BCUT2D eigenvalue weighted by molar-refractivity contribution is 0.629. The fraction of sp³-hybridized carbons (Fsp3) is 0.333. The summed E-state index contributed by atoms with van der Waals surface area (Å²) >= 11 is 3.28. The number of halogens is 2. The maximum atomic E-state index is 13.0. The molecule has 1 aromatic carbocycles. The van der Waals surface area contributed by atoms with E-state index in [9.17, 15) is 4.39 Å². The molecule has 0 bridgehead atoms. The van der Waals surface area contributed by atoms with E-state index >= 15 is 0 Å². The molecule has 0 fully saturated rings. The summed E-state index contributed by atoms with van der Waals surface area (Å²) in [5.41, 5.74) is 0.561. The van der Waals surface area contributed by atoms with E-state index in [-0.39, 0.29) is 5.82 Å². The van der Waals surface area contributed by atoms with Gasteiger partial charge in [0.15, 0.2) is 0 Å². The number of benzene rings is 1. The van der Waals surface area contributed by atoms with Crippen LogP contribution in [0.2, 0.25) is 0 Å². The number of anilines is 1. The molecule has 0 saturated carbocycles. The fourth-order valence-corrected chi connectivity index (χ4v) is 1.25. The maximum absolute atomic E-state index is 13.0. The normalized spacial score (nSPS) is 9.92. The first-order valence-corrected chi connectivity index (χ1v) is 4.72. The summed E-state index contributed by atoms with van der Waals surface area (Å²) in [4.78, 5) is 0. The Kier molecular flexibility index (Phi) is 3.53. The van der Waals surface area contributed by atoms with Gasteiger partial charge in [-0.15, -0.1) is 0 Å². The predicted octanol–water partition coefficient (Wildman–Crippen LogP) is 3.41. The van der Waals surface area contributed by atoms with Crippen molar-refractivity contribution in [2.45, 2.75) is 13.3 Å². The summed E-state index contributed by atoms with van der Waals surface area (Å²) in [7, 11) is 0. The number of nitrogens with one attached hydrogen (secondary N) is 1. The molecular formula is C9H11BrFN. The van der Waals surface area contributed by atoms with E-state index in [1.54, 1.807) is 12.1 Å². The molecule has 0 amide bonds. The van der Waals surface area contributed by atoms with Gasteiger partial charge in [-0.2, -0.15) is 0 Å². The van der Waals surface area contributed by atoms with Crippen molar-refractivity contribution in [2.75, 3.05) is 11.9 Å². The Hall–Kier alpha value is -0.570. The lowest BCUT2D eigenvalue weighted by atomic mass is 10.3. The van der Waals surface area contributed by atoms with Crippen molar-refractivity contribution in [1.82, 2.24) is 0 Å². The average Bonchev–Trinajstić information content (AvgIpc) is 2.07. The molecular weight excluding hydrogens is 221 g/mol. The zero-order valence-corrected chi connectivity index (χ0v) is 8.49. The summed E-state index contributed by atoms with van der Waals surface area (Å²) < 4.78 is 13.9. The Labute approximate surface area is 80.1 Å². The minimum Gasteiger partial charge on any atom is -0.383 e. The lowest BCUT2D eigenvalue weighted by Crippen LogP contribution is -2.01. The number of rotatable bonds is 3. The monoisotopic (exact) mass is 231 g/mol. The zero-order valence-electron chi connectivity index (χ0n) is 6.90. The van der Waals surface area contributed by atoms with Gasteiger partial charge in [0.05, 0.1) is 5.69 Å². The second-order valence-electron chi connectivity index (χ2n) is 2.55. The van der Waals surface area contributed by atoms with Crippen molar-refractivity contribution < 1.29 is 4.39 Å². The van der Waals surface area contributed by atoms with E-state index in [1.807, 2.05) is 6.92 Å². The average molecular weight is 232 g/mol. The summed E-state index contributed by atoms with van der Waals surface area (Å²) in [6.45, 7) is 2.84. The minimum atomic E-state index is -0.202. The molecule has 0 aromatic heterocycles. The first-order valence-electron chi connectivity index (χ1n) is 3.93. The third-order valence-corrected chi connectivity index (χ3v) is 1.99. The van der Waals surface area contributed by atoms with Crippen LogP contribution in [0.1, 0.15) is 13.3 Å². The summed E-state index contributed by atoms with van der Waals surface area (Å²) in [5.74, 6) is -0.202. The molecule has 0 saturated heterocycles. The summed E-state index contributed by atoms with van der Waals surface area (Å²) in [6.07, 6.45) is 0.992. The third kappa shape index (κ3) is 2.48. The minimum absolute atomic E-state index is 0.202. The topological polar surface area (TPSA) is 12.0 Å². The zero-order chi connectivity index (χ0) is 8.97. The molecule has 3 heteroatoms. The van der Waals surface area contributed by atoms with Crippen LogP contribution >= 0.6 is 15.9 Å². The van der Waals surface area contributed by atoms with Gasteiger partial charge in [0, 0.05) is 11.0 Å². The highest BCUT2D eigenvalue weighted by Gasteiger charge is 2.00. The Bertz CT molecular complexity index is 263. The molecule has 0 atom stereocenters. The summed E-state index contributed by atoms with van der Waals surface area (Å²) in [6, 6.07) is 4.87. The van der Waals surface area contributed by atoms with Gasteiger partial charge in [-0.05, 0) is 24.6 Å². The van der Waals surface area contributed by atoms with Crippen molar-refractivity contribution in [2.24, 2.45) is 0 Å². The SMILES string of the molecule is CCCNc1cc(Br)ccc1F. The van der Waals surface area contributed by atoms with Crippen LogP contribution in [0.5, 0.6) is 0 Å². The van der Waals surface area contributed by atoms with E-state index in [1.165, 1.54) is 6.07 Å².